The Morgan fingerprint density at radius 1 is 0.612 bits per heavy atom. The molecule has 2 aromatic heterocycles. The number of phenols is 1. The smallest absolute Gasteiger partial charge is 0.148 e. The number of para-hydroxylation sites is 1. The van der Waals surface area contributed by atoms with Crippen LogP contribution in [0.5, 0.6) is 5.75 Å². The van der Waals surface area contributed by atoms with Crippen molar-refractivity contribution in [3.63, 3.8) is 0 Å². The predicted molar refractivity (Wildman–Crippen MR) is 280 cm³/mol. The molecule has 8 aromatic rings. The van der Waals surface area contributed by atoms with Gasteiger partial charge in [0, 0.05) is 49.5 Å². The summed E-state index contributed by atoms with van der Waals surface area (Å²) < 4.78 is 70.8. The number of aromatic hydroxyl groups is 1. The summed E-state index contributed by atoms with van der Waals surface area (Å²) in [5.41, 5.74) is 11.3. The summed E-state index contributed by atoms with van der Waals surface area (Å²) in [5, 5.41) is 12.6. The molecule has 0 aliphatic carbocycles. The van der Waals surface area contributed by atoms with E-state index in [1.54, 1.807) is 52.1 Å². The molecule has 67 heavy (non-hydrogen) atoms. The monoisotopic (exact) mass is 1070 g/mol. The van der Waals surface area contributed by atoms with Gasteiger partial charge in [0.2, 0.25) is 0 Å². The summed E-state index contributed by atoms with van der Waals surface area (Å²) in [4.78, 5) is 10.3. The van der Waals surface area contributed by atoms with Crippen LogP contribution in [0.25, 0.3) is 72.7 Å². The number of phenolic OH excluding ortho intramolecular Hbond substituents is 1. The molecule has 0 aliphatic rings. The second kappa shape index (κ2) is 18.5. The molecule has 0 spiro atoms. The molecule has 4 nitrogen and oxygen atoms in total. The minimum Gasteiger partial charge on any atom is -0.507 e. The van der Waals surface area contributed by atoms with E-state index in [4.69, 9.17) is 20.9 Å². The topological polar surface area (TPSA) is 50.9 Å². The quantitative estimate of drug-likeness (QED) is 0.154. The van der Waals surface area contributed by atoms with Crippen LogP contribution in [0.15, 0.2) is 121 Å². The fourth-order valence-corrected chi connectivity index (χ4v) is 8.54. The van der Waals surface area contributed by atoms with E-state index in [0.29, 0.717) is 56.1 Å². The summed E-state index contributed by atoms with van der Waals surface area (Å²) in [6.45, 7) is 21.4. The van der Waals surface area contributed by atoms with E-state index >= 15 is 0 Å². The second-order valence-electron chi connectivity index (χ2n) is 21.3. The Morgan fingerprint density at radius 2 is 1.24 bits per heavy atom. The summed E-state index contributed by atoms with van der Waals surface area (Å²) in [6, 6.07) is 39.7. The zero-order valence-electron chi connectivity index (χ0n) is 49.2. The van der Waals surface area contributed by atoms with Gasteiger partial charge in [-0.2, -0.15) is 0 Å². The van der Waals surface area contributed by atoms with Crippen molar-refractivity contribution in [2.75, 3.05) is 0 Å². The molecule has 0 saturated heterocycles. The van der Waals surface area contributed by atoms with Gasteiger partial charge < -0.3 is 5.11 Å². The van der Waals surface area contributed by atoms with Crippen LogP contribution in [0.3, 0.4) is 0 Å². The number of fused-ring (bicyclic) bond motifs is 1. The Morgan fingerprint density at radius 3 is 1.85 bits per heavy atom. The fourth-order valence-electron chi connectivity index (χ4n) is 8.54. The number of pyridine rings is 1. The van der Waals surface area contributed by atoms with Crippen LogP contribution in [-0.2, 0) is 37.3 Å². The molecule has 8 rings (SSSR count). The minimum absolute atomic E-state index is 0. The first kappa shape index (κ1) is 39.4. The van der Waals surface area contributed by atoms with Crippen LogP contribution in [0.4, 0.5) is 0 Å². The van der Waals surface area contributed by atoms with E-state index in [-0.39, 0.29) is 48.8 Å². The summed E-state index contributed by atoms with van der Waals surface area (Å²) >= 11 is 0. The van der Waals surface area contributed by atoms with Crippen molar-refractivity contribution in [2.24, 2.45) is 0 Å². The third-order valence-corrected chi connectivity index (χ3v) is 12.6. The molecule has 0 fully saturated rings. The number of benzene rings is 6. The van der Waals surface area contributed by atoms with Gasteiger partial charge in [-0.05, 0) is 117 Å². The number of aryl methyl sites for hydroxylation is 2. The first-order valence-electron chi connectivity index (χ1n) is 26.9. The maximum absolute atomic E-state index is 12.6. The maximum Gasteiger partial charge on any atom is 0.148 e. The van der Waals surface area contributed by atoms with E-state index in [2.05, 4.69) is 86.6 Å². The maximum atomic E-state index is 12.6. The van der Waals surface area contributed by atoms with Crippen LogP contribution in [0.2, 0.25) is 0 Å². The van der Waals surface area contributed by atoms with E-state index < -0.39 is 30.9 Å². The number of nitrogens with zero attached hydrogens (tertiary/aromatic N) is 3. The molecule has 0 atom stereocenters. The molecule has 0 radical (unpaired) electrons. The first-order valence-corrected chi connectivity index (χ1v) is 22.9. The fraction of sp³-hybridized carbons (Fsp3) is 0.323. The van der Waals surface area contributed by atoms with E-state index in [9.17, 15) is 5.11 Å². The Balaban J connectivity index is 0.00000820. The van der Waals surface area contributed by atoms with Gasteiger partial charge in [-0.1, -0.05) is 179 Å². The normalized spacial score (nSPS) is 14.8. The van der Waals surface area contributed by atoms with Crippen molar-refractivity contribution < 1.29 is 37.1 Å². The Labute approximate surface area is 426 Å². The molecule has 2 heterocycles. The molecule has 0 unspecified atom stereocenters. The number of hydrogen-bond acceptors (Lipinski definition) is 3. The molecule has 0 amide bonds. The predicted octanol–water partition coefficient (Wildman–Crippen LogP) is 17.0. The summed E-state index contributed by atoms with van der Waals surface area (Å²) in [6.07, 6.45) is 1.74. The van der Waals surface area contributed by atoms with Crippen LogP contribution in [0.1, 0.15) is 152 Å². The SMILES string of the molecule is [2H]C([2H])([2H])c1ccc(-c2ccnc(-c3[c-]c(-c4cccc5c4nc(-c4cc(C(C)(C)C)cc(C(C)(C)C)c4O)n5-c4ccc(-c5cc(C([2H])(C)C)cc(C([2H])(C)C)c5)cc4C([2H])([2H])[2H])cc(C(C)(C)C)c3)c2)cc1.[Pt]. The van der Waals surface area contributed by atoms with E-state index in [0.717, 1.165) is 44.5 Å². The van der Waals surface area contributed by atoms with E-state index in [1.165, 1.54) is 0 Å². The van der Waals surface area contributed by atoms with Crippen molar-refractivity contribution >= 4 is 11.0 Å². The zero-order chi connectivity index (χ0) is 54.5. The minimum atomic E-state index is -2.63. The average Bonchev–Trinajstić information content (AvgIpc) is 3.68. The number of rotatable bonds is 8. The zero-order valence-corrected chi connectivity index (χ0v) is 43.4. The van der Waals surface area contributed by atoms with Crippen molar-refractivity contribution in [2.45, 2.75) is 132 Å². The molecule has 1 N–H and O–H groups in total. The van der Waals surface area contributed by atoms with Gasteiger partial charge >= 0.3 is 0 Å². The molecule has 5 heteroatoms. The largest absolute Gasteiger partial charge is 0.507 e. The van der Waals surface area contributed by atoms with Crippen LogP contribution in [0, 0.1) is 19.8 Å². The number of hydrogen-bond donors (Lipinski definition) is 1. The summed E-state index contributed by atoms with van der Waals surface area (Å²) in [5.74, 6) is -1.55. The molecular formula is C62H68N3OPt-. The molecule has 0 saturated carbocycles. The van der Waals surface area contributed by atoms with E-state index in [1.807, 2.05) is 83.4 Å². The van der Waals surface area contributed by atoms with Crippen molar-refractivity contribution in [1.82, 2.24) is 14.5 Å². The van der Waals surface area contributed by atoms with Gasteiger partial charge in [-0.25, -0.2) is 4.98 Å². The van der Waals surface area contributed by atoms with Gasteiger partial charge in [0.25, 0.3) is 0 Å². The Bertz CT molecular complexity index is 3410. The van der Waals surface area contributed by atoms with Gasteiger partial charge in [0.05, 0.1) is 22.3 Å². The third kappa shape index (κ3) is 10.0. The molecule has 0 aliphatic heterocycles. The van der Waals surface area contributed by atoms with Crippen molar-refractivity contribution in [1.29, 1.82) is 0 Å². The standard InChI is InChI=1S/C62H68N3O.Pt/c1-37(2)44-28-45(38(3)4)30-46(29-44)42-23-24-55(40(6)27-42)65-56-18-16-17-51(57(56)64-59(65)52-35-50(61(10,11)12)36-53(58(52)66)62(13,14)15)47-31-48(33-49(32-47)60(7,8)9)54-34-43(25-26-63-54)41-21-19-39(5)20-22-41;/h16-30,32-38,66H,1-15H3;/q-1;/i5D3,6D3,37D,38D;. The third-order valence-electron chi connectivity index (χ3n) is 12.6. The first-order chi connectivity index (χ1) is 34.0. The van der Waals surface area contributed by atoms with Gasteiger partial charge in [0.15, 0.2) is 0 Å². The van der Waals surface area contributed by atoms with Crippen LogP contribution < -0.4 is 0 Å². The molecule has 0 bridgehead atoms. The average molecular weight is 1070 g/mol. The Hall–Kier alpha value is -5.57. The van der Waals surface area contributed by atoms with Crippen molar-refractivity contribution in [3.8, 4) is 67.5 Å². The van der Waals surface area contributed by atoms with Gasteiger partial charge in [0.1, 0.15) is 11.6 Å². The molecule has 6 aromatic carbocycles. The second-order valence-corrected chi connectivity index (χ2v) is 21.3. The van der Waals surface area contributed by atoms with Crippen molar-refractivity contribution in [3.05, 3.63) is 166 Å². The molecular weight excluding hydrogens is 998 g/mol. The number of aromatic nitrogens is 3. The summed E-state index contributed by atoms with van der Waals surface area (Å²) in [7, 11) is 0. The van der Waals surface area contributed by atoms with Gasteiger partial charge in [-0.15, -0.1) is 29.3 Å². The number of imidazole rings is 1. The van der Waals surface area contributed by atoms with Crippen LogP contribution in [-0.4, -0.2) is 19.6 Å². The van der Waals surface area contributed by atoms with Gasteiger partial charge in [-0.3, -0.25) is 9.55 Å². The van der Waals surface area contributed by atoms with Crippen LogP contribution >= 0.6 is 0 Å². The Kier molecular flexibility index (Phi) is 10.9. The molecule has 348 valence electrons.